The minimum Gasteiger partial charge on any atom is -0.290 e. The van der Waals surface area contributed by atoms with Gasteiger partial charge >= 0.3 is 0 Å². The van der Waals surface area contributed by atoms with Crippen LogP contribution >= 0.6 is 34.8 Å². The number of hydrogen-bond acceptors (Lipinski definition) is 12. The van der Waals surface area contributed by atoms with Gasteiger partial charge in [0.1, 0.15) is 68.0 Å². The van der Waals surface area contributed by atoms with E-state index in [0.717, 1.165) is 72.8 Å². The van der Waals surface area contributed by atoms with E-state index in [1.807, 2.05) is 0 Å². The van der Waals surface area contributed by atoms with E-state index in [0.29, 0.717) is 0 Å². The Morgan fingerprint density at radius 1 is 0.413 bits per heavy atom. The molecule has 27 heteroatoms. The van der Waals surface area contributed by atoms with Crippen molar-refractivity contribution in [2.24, 2.45) is 0 Å². The lowest BCUT2D eigenvalue weighted by Crippen LogP contribution is -2.03. The van der Waals surface area contributed by atoms with Crippen LogP contribution in [0.25, 0.3) is 84.3 Å². The summed E-state index contributed by atoms with van der Waals surface area (Å²) in [5.41, 5.74) is -3.77. The zero-order chi connectivity index (χ0) is 53.8. The number of nitriles is 3. The molecule has 0 amide bonds. The molecule has 0 aliphatic heterocycles. The van der Waals surface area contributed by atoms with Gasteiger partial charge in [-0.05, 0) is 109 Å². The van der Waals surface area contributed by atoms with Crippen LogP contribution in [0, 0.1) is 51.4 Å². The fourth-order valence-electron chi connectivity index (χ4n) is 8.52. The normalized spacial score (nSPS) is 12.1. The first-order valence-electron chi connectivity index (χ1n) is 20.7. The zero-order valence-corrected chi connectivity index (χ0v) is 41.4. The average molecular weight is 1130 g/mol. The Kier molecular flexibility index (Phi) is 12.1. The first-order valence-corrected chi connectivity index (χ1v) is 26.2. The number of imidazole rings is 3. The van der Waals surface area contributed by atoms with E-state index in [2.05, 4.69) is 0 Å². The summed E-state index contributed by atoms with van der Waals surface area (Å²) in [5, 5.41) is 28.0. The van der Waals surface area contributed by atoms with E-state index in [9.17, 15) is 54.7 Å². The maximum atomic E-state index is 16.8. The van der Waals surface area contributed by atoms with E-state index in [4.69, 9.17) is 49.8 Å². The molecule has 18 nitrogen and oxygen atoms in total. The Bertz CT molecular complexity index is 4100. The number of halogens is 6. The summed E-state index contributed by atoms with van der Waals surface area (Å²) in [6.45, 7) is 0. The van der Waals surface area contributed by atoms with Crippen molar-refractivity contribution in [3.05, 3.63) is 158 Å². The fraction of sp³-hybridized carbons (Fsp3) is 0. The number of aromatic nitrogens is 6. The molecule has 0 fully saturated rings. The number of rotatable bonds is 9. The van der Waals surface area contributed by atoms with Crippen molar-refractivity contribution < 1.29 is 52.1 Å². The number of benzene rings is 7. The van der Waals surface area contributed by atoms with Crippen LogP contribution in [-0.4, -0.2) is 67.6 Å². The van der Waals surface area contributed by atoms with Crippen molar-refractivity contribution in [3.8, 4) is 69.4 Å². The monoisotopic (exact) mass is 1120 g/mol. The van der Waals surface area contributed by atoms with Gasteiger partial charge in [-0.3, -0.25) is 27.4 Å². The highest BCUT2D eigenvalue weighted by atomic mass is 35.5. The van der Waals surface area contributed by atoms with Crippen molar-refractivity contribution in [3.63, 3.8) is 0 Å². The second kappa shape index (κ2) is 18.0. The minimum absolute atomic E-state index is 0.0680. The van der Waals surface area contributed by atoms with Gasteiger partial charge in [0.25, 0.3) is 30.4 Å². The summed E-state index contributed by atoms with van der Waals surface area (Å²) in [6.07, 6.45) is 0. The van der Waals surface area contributed by atoms with E-state index in [1.165, 1.54) is 50.1 Å². The van der Waals surface area contributed by atoms with E-state index in [-0.39, 0.29) is 66.9 Å². The molecule has 0 bridgehead atoms. The van der Waals surface area contributed by atoms with Crippen molar-refractivity contribution in [2.75, 3.05) is 0 Å². The Morgan fingerprint density at radius 3 is 0.827 bits per heavy atom. The van der Waals surface area contributed by atoms with E-state index >= 15 is 13.2 Å². The molecule has 10 aromatic rings. The molecule has 0 unspecified atom stereocenters. The van der Waals surface area contributed by atoms with Crippen LogP contribution < -0.4 is 0 Å². The van der Waals surface area contributed by atoms with Crippen LogP contribution in [0.3, 0.4) is 0 Å². The molecule has 10 rings (SSSR count). The summed E-state index contributed by atoms with van der Waals surface area (Å²) >= 11 is 20.4. The van der Waals surface area contributed by atoms with Gasteiger partial charge in [-0.2, -0.15) is 41.0 Å². The molecule has 0 radical (unpaired) electrons. The van der Waals surface area contributed by atoms with Gasteiger partial charge in [-0.15, -0.1) is 0 Å². The standard InChI is InChI=1S/C48H21Cl3F3N9O9S3/c49-31-13-22(19-55)16-34(52)37(31)46-58-40-43(61(46)25-1-7-28(8-2-25)73(64,65)66)41-45(63(27-5-11-30(12-6-27)75(70,71)72)47(59-41)38-32(50)14-23(20-56)17-35(38)53)42-44(40)62(26-3-9-29(10-4-26)74(67,68)69)48(60-42)39-33(51)15-24(21-57)18-36(39)54/h1-18H,(H,64,65,66)(H,67,68,69)(H,70,71,72). The molecule has 0 spiro atoms. The summed E-state index contributed by atoms with van der Waals surface area (Å²) < 4.78 is 158. The molecule has 7 aromatic carbocycles. The molecule has 3 aromatic heterocycles. The molecule has 0 aliphatic carbocycles. The molecule has 0 atom stereocenters. The summed E-state index contributed by atoms with van der Waals surface area (Å²) in [6, 6.07) is 24.2. The molecule has 3 N–H and O–H groups in total. The second-order valence-electron chi connectivity index (χ2n) is 16.1. The summed E-state index contributed by atoms with van der Waals surface area (Å²) in [5.74, 6) is -4.64. The number of hydrogen-bond donors (Lipinski definition) is 3. The smallest absolute Gasteiger partial charge is 0.290 e. The van der Waals surface area contributed by atoms with E-state index in [1.54, 1.807) is 18.2 Å². The lowest BCUT2D eigenvalue weighted by Gasteiger charge is -2.14. The molecule has 0 saturated carbocycles. The zero-order valence-electron chi connectivity index (χ0n) is 36.7. The van der Waals surface area contributed by atoms with Crippen LogP contribution in [0.5, 0.6) is 0 Å². The lowest BCUT2D eigenvalue weighted by atomic mass is 10.1. The molecule has 0 saturated heterocycles. The second-order valence-corrected chi connectivity index (χ2v) is 21.6. The lowest BCUT2D eigenvalue weighted by molar-refractivity contribution is 0.481. The highest BCUT2D eigenvalue weighted by Crippen LogP contribution is 2.47. The van der Waals surface area contributed by atoms with Gasteiger partial charge in [0.15, 0.2) is 0 Å². The maximum Gasteiger partial charge on any atom is 0.294 e. The molecular weight excluding hydrogens is 1110 g/mol. The van der Waals surface area contributed by atoms with Crippen molar-refractivity contribution in [1.29, 1.82) is 15.8 Å². The van der Waals surface area contributed by atoms with Crippen LogP contribution in [0.4, 0.5) is 13.2 Å². The maximum absolute atomic E-state index is 16.8. The Labute approximate surface area is 434 Å². The predicted octanol–water partition coefficient (Wildman–Crippen LogP) is 10.4. The third-order valence-electron chi connectivity index (χ3n) is 11.7. The SMILES string of the molecule is N#Cc1cc(F)c(-c2nc3c(c4nc(-c5c(F)cc(C#N)cc5Cl)n(-c5ccc(S(=O)(=O)O)cc5)c4c4nc(-c5c(F)cc(C#N)cc5Cl)n(-c5ccc(S(=O)(=O)O)cc5)c34)n2-c2ccc(S(=O)(=O)O)cc2)c(Cl)c1. The van der Waals surface area contributed by atoms with Crippen LogP contribution in [0.1, 0.15) is 16.7 Å². The molecule has 3 heterocycles. The highest BCUT2D eigenvalue weighted by Gasteiger charge is 2.34. The largest absolute Gasteiger partial charge is 0.294 e. The average Bonchev–Trinajstić information content (AvgIpc) is 4.05. The molecular formula is C48H21Cl3F3N9O9S3. The molecule has 75 heavy (non-hydrogen) atoms. The Morgan fingerprint density at radius 2 is 0.640 bits per heavy atom. The minimum atomic E-state index is -4.85. The molecule has 0 aliphatic rings. The third-order valence-corrected chi connectivity index (χ3v) is 15.2. The molecule has 372 valence electrons. The Hall–Kier alpha value is -8.19. The van der Waals surface area contributed by atoms with Crippen LogP contribution in [0.2, 0.25) is 15.1 Å². The van der Waals surface area contributed by atoms with Crippen LogP contribution in [0.15, 0.2) is 124 Å². The van der Waals surface area contributed by atoms with Crippen molar-refractivity contribution in [1.82, 2.24) is 28.7 Å². The number of fused-ring (bicyclic) bond motifs is 6. The van der Waals surface area contributed by atoms with Gasteiger partial charge in [0.05, 0.1) is 81.3 Å². The summed E-state index contributed by atoms with van der Waals surface area (Å²) in [7, 11) is -14.5. The first kappa shape index (κ1) is 50.3. The van der Waals surface area contributed by atoms with Gasteiger partial charge < -0.3 is 0 Å². The van der Waals surface area contributed by atoms with Gasteiger partial charge in [-0.25, -0.2) is 28.1 Å². The van der Waals surface area contributed by atoms with Crippen LogP contribution in [-0.2, 0) is 30.4 Å². The van der Waals surface area contributed by atoms with Crippen molar-refractivity contribution in [2.45, 2.75) is 14.7 Å². The fourth-order valence-corrected chi connectivity index (χ4v) is 10.8. The van der Waals surface area contributed by atoms with Crippen molar-refractivity contribution >= 4 is 98.3 Å². The Balaban J connectivity index is 1.54. The number of nitrogens with zero attached hydrogens (tertiary/aromatic N) is 9. The quantitative estimate of drug-likeness (QED) is 0.113. The van der Waals surface area contributed by atoms with E-state index < -0.39 is 112 Å². The van der Waals surface area contributed by atoms with Gasteiger partial charge in [0.2, 0.25) is 0 Å². The van der Waals surface area contributed by atoms with Gasteiger partial charge in [0, 0.05) is 17.1 Å². The topological polar surface area (TPSA) is 288 Å². The third kappa shape index (κ3) is 8.48. The predicted molar refractivity (Wildman–Crippen MR) is 265 cm³/mol. The first-order chi connectivity index (χ1) is 35.4. The highest BCUT2D eigenvalue weighted by molar-refractivity contribution is 7.86. The van der Waals surface area contributed by atoms with Gasteiger partial charge in [-0.1, -0.05) is 34.8 Å². The summed E-state index contributed by atoms with van der Waals surface area (Å²) in [4.78, 5) is 13.0.